The van der Waals surface area contributed by atoms with Gasteiger partial charge in [-0.25, -0.2) is 4.98 Å². The Morgan fingerprint density at radius 3 is 2.45 bits per heavy atom. The summed E-state index contributed by atoms with van der Waals surface area (Å²) < 4.78 is 37.2. The van der Waals surface area contributed by atoms with Crippen molar-refractivity contribution in [2.75, 3.05) is 37.7 Å². The highest BCUT2D eigenvalue weighted by molar-refractivity contribution is 7.90. The number of piperidine rings is 1. The van der Waals surface area contributed by atoms with E-state index in [9.17, 15) is 8.42 Å². The van der Waals surface area contributed by atoms with Gasteiger partial charge in [-0.05, 0) is 49.8 Å². The molecule has 0 bridgehead atoms. The number of rotatable bonds is 5. The van der Waals surface area contributed by atoms with E-state index >= 15 is 0 Å². The summed E-state index contributed by atoms with van der Waals surface area (Å²) in [4.78, 5) is 4.98. The van der Waals surface area contributed by atoms with Gasteiger partial charge >= 0.3 is 10.2 Å². The highest BCUT2D eigenvalue weighted by Gasteiger charge is 2.30. The number of benzene rings is 1. The fourth-order valence-corrected chi connectivity index (χ4v) is 6.11. The third-order valence-electron chi connectivity index (χ3n) is 6.54. The Hall–Kier alpha value is -1.64. The van der Waals surface area contributed by atoms with Crippen molar-refractivity contribution in [3.8, 4) is 0 Å². The molecule has 0 amide bonds. The second-order valence-corrected chi connectivity index (χ2v) is 11.9. The zero-order valence-corrected chi connectivity index (χ0v) is 20.1. The fraction of sp³-hybridized carbons (Fsp3) is 0.696. The normalized spacial score (nSPS) is 19.7. The second kappa shape index (κ2) is 8.71. The van der Waals surface area contributed by atoms with Gasteiger partial charge in [0.2, 0.25) is 0 Å². The lowest BCUT2D eigenvalue weighted by molar-refractivity contribution is 0.0611. The van der Waals surface area contributed by atoms with Crippen molar-refractivity contribution in [1.29, 1.82) is 0 Å². The molecule has 0 unspecified atom stereocenters. The molecule has 2 aliphatic rings. The van der Waals surface area contributed by atoms with Crippen LogP contribution in [0, 0.1) is 5.92 Å². The summed E-state index contributed by atoms with van der Waals surface area (Å²) in [6, 6.07) is 5.87. The molecule has 2 aliphatic heterocycles. The number of hydrogen-bond acceptors (Lipinski definition) is 4. The van der Waals surface area contributed by atoms with Gasteiger partial charge in [-0.1, -0.05) is 27.2 Å². The van der Waals surface area contributed by atoms with Gasteiger partial charge in [0.25, 0.3) is 0 Å². The van der Waals surface area contributed by atoms with Crippen LogP contribution in [0.1, 0.15) is 58.7 Å². The van der Waals surface area contributed by atoms with Crippen LogP contribution in [0.2, 0.25) is 0 Å². The van der Waals surface area contributed by atoms with Crippen LogP contribution >= 0.6 is 0 Å². The van der Waals surface area contributed by atoms with E-state index in [1.54, 1.807) is 11.4 Å². The Kier molecular flexibility index (Phi) is 6.34. The number of fused-ring (bicyclic) bond motifs is 1. The van der Waals surface area contributed by atoms with Crippen molar-refractivity contribution < 1.29 is 13.2 Å². The smallest absolute Gasteiger partial charge is 0.303 e. The minimum Gasteiger partial charge on any atom is -0.381 e. The zero-order chi connectivity index (χ0) is 22.2. The van der Waals surface area contributed by atoms with Crippen LogP contribution in [0.15, 0.2) is 18.2 Å². The number of nitrogens with zero attached hydrogens (tertiary/aromatic N) is 4. The standard InChI is InChI=1S/C23H36N4O3S/c1-23(2,3)22-24-20-16-19(25(4)31(28,29)26-12-6-5-7-13-26)8-9-21(20)27(22)17-18-10-14-30-15-11-18/h8-9,16,18H,5-7,10-15,17H2,1-4H3. The maximum absolute atomic E-state index is 13.1. The molecule has 0 radical (unpaired) electrons. The average Bonchev–Trinajstić information content (AvgIpc) is 3.12. The monoisotopic (exact) mass is 448 g/mol. The predicted molar refractivity (Wildman–Crippen MR) is 125 cm³/mol. The van der Waals surface area contributed by atoms with E-state index in [2.05, 4.69) is 25.3 Å². The lowest BCUT2D eigenvalue weighted by Gasteiger charge is -2.31. The Balaban J connectivity index is 1.68. The molecule has 0 N–H and O–H groups in total. The topological polar surface area (TPSA) is 67.7 Å². The summed E-state index contributed by atoms with van der Waals surface area (Å²) in [5.41, 5.74) is 2.49. The first-order valence-electron chi connectivity index (χ1n) is 11.5. The number of imidazole rings is 1. The van der Waals surface area contributed by atoms with E-state index in [4.69, 9.17) is 9.72 Å². The summed E-state index contributed by atoms with van der Waals surface area (Å²) in [5.74, 6) is 1.63. The first kappa shape index (κ1) is 22.6. The predicted octanol–water partition coefficient (Wildman–Crippen LogP) is 3.93. The maximum atomic E-state index is 13.1. The summed E-state index contributed by atoms with van der Waals surface area (Å²) in [6.07, 6.45) is 5.09. The zero-order valence-electron chi connectivity index (χ0n) is 19.3. The SMILES string of the molecule is CN(c1ccc2c(c1)nc(C(C)(C)C)n2CC1CCOCC1)S(=O)(=O)N1CCCCC1. The molecule has 7 nitrogen and oxygen atoms in total. The Bertz CT molecular complexity index is 1010. The van der Waals surface area contributed by atoms with Crippen molar-refractivity contribution in [1.82, 2.24) is 13.9 Å². The van der Waals surface area contributed by atoms with Crippen LogP contribution in [0.3, 0.4) is 0 Å². The number of aromatic nitrogens is 2. The van der Waals surface area contributed by atoms with E-state index in [1.807, 2.05) is 18.2 Å². The van der Waals surface area contributed by atoms with Gasteiger partial charge in [0.15, 0.2) is 0 Å². The maximum Gasteiger partial charge on any atom is 0.303 e. The summed E-state index contributed by atoms with van der Waals surface area (Å²) in [6.45, 7) is 10.3. The van der Waals surface area contributed by atoms with Crippen LogP contribution in [0.25, 0.3) is 11.0 Å². The van der Waals surface area contributed by atoms with Crippen LogP contribution in [0.5, 0.6) is 0 Å². The van der Waals surface area contributed by atoms with Crippen LogP contribution < -0.4 is 4.31 Å². The fourth-order valence-electron chi connectivity index (χ4n) is 4.66. The minimum absolute atomic E-state index is 0.101. The van der Waals surface area contributed by atoms with E-state index < -0.39 is 10.2 Å². The van der Waals surface area contributed by atoms with Gasteiger partial charge in [-0.3, -0.25) is 4.31 Å². The highest BCUT2D eigenvalue weighted by atomic mass is 32.2. The summed E-state index contributed by atoms with van der Waals surface area (Å²) in [5, 5.41) is 0. The van der Waals surface area contributed by atoms with Crippen molar-refractivity contribution >= 4 is 26.9 Å². The molecule has 0 atom stereocenters. The van der Waals surface area contributed by atoms with Crippen molar-refractivity contribution in [3.63, 3.8) is 0 Å². The lowest BCUT2D eigenvalue weighted by Crippen LogP contribution is -2.44. The molecular weight excluding hydrogens is 412 g/mol. The minimum atomic E-state index is -3.52. The molecule has 4 rings (SSSR count). The molecule has 0 spiro atoms. The molecule has 2 aromatic rings. The van der Waals surface area contributed by atoms with Crippen molar-refractivity contribution in [2.24, 2.45) is 5.92 Å². The first-order chi connectivity index (χ1) is 14.7. The van der Waals surface area contributed by atoms with Gasteiger partial charge in [-0.15, -0.1) is 0 Å². The largest absolute Gasteiger partial charge is 0.381 e. The van der Waals surface area contributed by atoms with Crippen LogP contribution in [0.4, 0.5) is 5.69 Å². The quantitative estimate of drug-likeness (QED) is 0.695. The molecule has 1 aromatic carbocycles. The van der Waals surface area contributed by atoms with Crippen molar-refractivity contribution in [3.05, 3.63) is 24.0 Å². The van der Waals surface area contributed by atoms with E-state index in [-0.39, 0.29) is 5.41 Å². The van der Waals surface area contributed by atoms with Gasteiger partial charge in [0, 0.05) is 45.3 Å². The Labute approximate surface area is 186 Å². The molecule has 8 heteroatoms. The Morgan fingerprint density at radius 1 is 1.13 bits per heavy atom. The Morgan fingerprint density at radius 2 is 1.81 bits per heavy atom. The summed E-state index contributed by atoms with van der Waals surface area (Å²) in [7, 11) is -1.87. The van der Waals surface area contributed by atoms with Crippen LogP contribution in [-0.4, -0.2) is 55.6 Å². The number of hydrogen-bond donors (Lipinski definition) is 0. The molecule has 2 saturated heterocycles. The number of anilines is 1. The molecule has 172 valence electrons. The molecule has 0 saturated carbocycles. The third-order valence-corrected chi connectivity index (χ3v) is 8.46. The van der Waals surface area contributed by atoms with Crippen molar-refractivity contribution in [2.45, 2.75) is 64.8 Å². The second-order valence-electron chi connectivity index (χ2n) is 9.96. The van der Waals surface area contributed by atoms with E-state index in [0.29, 0.717) is 24.7 Å². The molecule has 3 heterocycles. The van der Waals surface area contributed by atoms with Gasteiger partial charge in [-0.2, -0.15) is 12.7 Å². The van der Waals surface area contributed by atoms with E-state index in [1.165, 1.54) is 4.31 Å². The van der Waals surface area contributed by atoms with Gasteiger partial charge in [0.05, 0.1) is 16.7 Å². The molecule has 0 aliphatic carbocycles. The van der Waals surface area contributed by atoms with Gasteiger partial charge < -0.3 is 9.30 Å². The molecule has 31 heavy (non-hydrogen) atoms. The molecule has 2 fully saturated rings. The van der Waals surface area contributed by atoms with Crippen LogP contribution in [-0.2, 0) is 26.9 Å². The first-order valence-corrected chi connectivity index (χ1v) is 12.9. The van der Waals surface area contributed by atoms with Gasteiger partial charge in [0.1, 0.15) is 5.82 Å². The third kappa shape index (κ3) is 4.61. The lowest BCUT2D eigenvalue weighted by atomic mass is 9.94. The molecule has 1 aromatic heterocycles. The van der Waals surface area contributed by atoms with E-state index in [0.717, 1.165) is 68.7 Å². The summed E-state index contributed by atoms with van der Waals surface area (Å²) >= 11 is 0. The molecular formula is C23H36N4O3S. The number of ether oxygens (including phenoxy) is 1. The highest BCUT2D eigenvalue weighted by Crippen LogP contribution is 2.32. The average molecular weight is 449 g/mol.